The van der Waals surface area contributed by atoms with Crippen LogP contribution in [0.25, 0.3) is 17.3 Å². The van der Waals surface area contributed by atoms with Crippen molar-refractivity contribution in [3.8, 4) is 17.3 Å². The van der Waals surface area contributed by atoms with Crippen molar-refractivity contribution in [1.29, 1.82) is 0 Å². The average Bonchev–Trinajstić information content (AvgIpc) is 3.64. The van der Waals surface area contributed by atoms with Gasteiger partial charge in [0.25, 0.3) is 5.91 Å². The molecule has 35 heavy (non-hydrogen) atoms. The Morgan fingerprint density at radius 2 is 1.89 bits per heavy atom. The SMILES string of the molecule is Cc1ccccc1-n1c(SCc2nc(C(=O)NCCc3ccccc3)cs2)nnc1-c1ccco1. The molecule has 1 N–H and O–H groups in total. The zero-order chi connectivity index (χ0) is 24.0. The van der Waals surface area contributed by atoms with Gasteiger partial charge in [0.1, 0.15) is 10.7 Å². The molecular formula is C26H23N5O2S2. The van der Waals surface area contributed by atoms with Crippen LogP contribution < -0.4 is 5.32 Å². The lowest BCUT2D eigenvalue weighted by atomic mass is 10.1. The Morgan fingerprint density at radius 3 is 2.69 bits per heavy atom. The van der Waals surface area contributed by atoms with E-state index in [4.69, 9.17) is 4.42 Å². The number of aryl methyl sites for hydroxylation is 1. The van der Waals surface area contributed by atoms with Crippen LogP contribution in [0.1, 0.15) is 26.6 Å². The average molecular weight is 502 g/mol. The van der Waals surface area contributed by atoms with Crippen LogP contribution in [0.2, 0.25) is 0 Å². The van der Waals surface area contributed by atoms with Crippen molar-refractivity contribution >= 4 is 29.0 Å². The number of thiazole rings is 1. The summed E-state index contributed by atoms with van der Waals surface area (Å²) in [5.74, 6) is 1.71. The summed E-state index contributed by atoms with van der Waals surface area (Å²) in [6.45, 7) is 2.62. The molecule has 0 aliphatic carbocycles. The number of carbonyl (C=O) groups excluding carboxylic acids is 1. The molecule has 5 aromatic rings. The molecule has 0 spiro atoms. The van der Waals surface area contributed by atoms with Crippen molar-refractivity contribution in [2.75, 3.05) is 6.54 Å². The molecule has 0 unspecified atom stereocenters. The molecule has 0 atom stereocenters. The summed E-state index contributed by atoms with van der Waals surface area (Å²) in [7, 11) is 0. The van der Waals surface area contributed by atoms with E-state index in [9.17, 15) is 4.79 Å². The molecule has 0 aliphatic heterocycles. The van der Waals surface area contributed by atoms with Crippen molar-refractivity contribution in [3.05, 3.63) is 100 Å². The Hall–Kier alpha value is -3.69. The Bertz CT molecular complexity index is 1410. The van der Waals surface area contributed by atoms with Gasteiger partial charge in [-0.05, 0) is 42.7 Å². The third kappa shape index (κ3) is 5.36. The number of benzene rings is 2. The maximum absolute atomic E-state index is 12.5. The van der Waals surface area contributed by atoms with Crippen LogP contribution in [0.4, 0.5) is 0 Å². The summed E-state index contributed by atoms with van der Waals surface area (Å²) in [5, 5.41) is 15.2. The van der Waals surface area contributed by atoms with E-state index in [1.807, 2.05) is 53.1 Å². The monoisotopic (exact) mass is 501 g/mol. The Morgan fingerprint density at radius 1 is 1.06 bits per heavy atom. The van der Waals surface area contributed by atoms with E-state index < -0.39 is 0 Å². The number of thioether (sulfide) groups is 1. The first-order valence-electron chi connectivity index (χ1n) is 11.1. The Kier molecular flexibility index (Phi) is 7.06. The first-order chi connectivity index (χ1) is 17.2. The highest BCUT2D eigenvalue weighted by atomic mass is 32.2. The summed E-state index contributed by atoms with van der Waals surface area (Å²) in [6.07, 6.45) is 2.41. The molecule has 0 radical (unpaired) electrons. The van der Waals surface area contributed by atoms with Gasteiger partial charge in [-0.3, -0.25) is 9.36 Å². The third-order valence-corrected chi connectivity index (χ3v) is 7.35. The number of para-hydroxylation sites is 1. The number of amides is 1. The predicted molar refractivity (Wildman–Crippen MR) is 138 cm³/mol. The molecule has 7 nitrogen and oxygen atoms in total. The lowest BCUT2D eigenvalue weighted by molar-refractivity contribution is 0.0949. The quantitative estimate of drug-likeness (QED) is 0.266. The summed E-state index contributed by atoms with van der Waals surface area (Å²) in [5.41, 5.74) is 3.72. The van der Waals surface area contributed by atoms with Crippen LogP contribution >= 0.6 is 23.1 Å². The topological polar surface area (TPSA) is 85.8 Å². The van der Waals surface area contributed by atoms with Gasteiger partial charge in [0.05, 0.1) is 17.7 Å². The van der Waals surface area contributed by atoms with Gasteiger partial charge in [0.2, 0.25) is 5.82 Å². The fourth-order valence-electron chi connectivity index (χ4n) is 3.62. The molecule has 0 fully saturated rings. The van der Waals surface area contributed by atoms with Gasteiger partial charge in [-0.25, -0.2) is 4.98 Å². The molecule has 0 saturated heterocycles. The summed E-state index contributed by atoms with van der Waals surface area (Å²) < 4.78 is 7.60. The number of rotatable bonds is 9. The Labute approximate surface area is 211 Å². The van der Waals surface area contributed by atoms with E-state index in [1.165, 1.54) is 28.7 Å². The fraction of sp³-hybridized carbons (Fsp3) is 0.154. The smallest absolute Gasteiger partial charge is 0.270 e. The van der Waals surface area contributed by atoms with Crippen molar-refractivity contribution in [1.82, 2.24) is 25.1 Å². The van der Waals surface area contributed by atoms with Gasteiger partial charge >= 0.3 is 0 Å². The number of aromatic nitrogens is 4. The minimum absolute atomic E-state index is 0.156. The molecule has 3 heterocycles. The van der Waals surface area contributed by atoms with Gasteiger partial charge in [0.15, 0.2) is 10.9 Å². The molecule has 3 aromatic heterocycles. The minimum Gasteiger partial charge on any atom is -0.461 e. The number of nitrogens with one attached hydrogen (secondary N) is 1. The number of nitrogens with zero attached hydrogens (tertiary/aromatic N) is 4. The van der Waals surface area contributed by atoms with Crippen molar-refractivity contribution < 1.29 is 9.21 Å². The van der Waals surface area contributed by atoms with Gasteiger partial charge in [-0.1, -0.05) is 60.3 Å². The van der Waals surface area contributed by atoms with E-state index in [0.717, 1.165) is 27.8 Å². The minimum atomic E-state index is -0.156. The van der Waals surface area contributed by atoms with Crippen molar-refractivity contribution in [3.63, 3.8) is 0 Å². The number of hydrogen-bond donors (Lipinski definition) is 1. The van der Waals surface area contributed by atoms with Gasteiger partial charge in [-0.15, -0.1) is 21.5 Å². The third-order valence-electron chi connectivity index (χ3n) is 5.38. The lowest BCUT2D eigenvalue weighted by Crippen LogP contribution is -2.26. The van der Waals surface area contributed by atoms with Gasteiger partial charge in [-0.2, -0.15) is 0 Å². The highest BCUT2D eigenvalue weighted by molar-refractivity contribution is 7.98. The van der Waals surface area contributed by atoms with Crippen LogP contribution in [0.5, 0.6) is 0 Å². The van der Waals surface area contributed by atoms with E-state index in [1.54, 1.807) is 11.6 Å². The molecule has 0 aliphatic rings. The zero-order valence-corrected chi connectivity index (χ0v) is 20.7. The zero-order valence-electron chi connectivity index (χ0n) is 19.0. The molecule has 0 bridgehead atoms. The molecule has 176 valence electrons. The summed E-state index contributed by atoms with van der Waals surface area (Å²) >= 11 is 2.99. The Balaban J connectivity index is 1.27. The maximum atomic E-state index is 12.5. The van der Waals surface area contributed by atoms with Crippen LogP contribution in [-0.4, -0.2) is 32.2 Å². The molecular weight excluding hydrogens is 478 g/mol. The van der Waals surface area contributed by atoms with E-state index >= 15 is 0 Å². The van der Waals surface area contributed by atoms with Crippen LogP contribution in [0.15, 0.2) is 87.9 Å². The fourth-order valence-corrected chi connectivity index (χ4v) is 5.36. The van der Waals surface area contributed by atoms with Gasteiger partial charge < -0.3 is 9.73 Å². The van der Waals surface area contributed by atoms with E-state index in [2.05, 4.69) is 45.6 Å². The van der Waals surface area contributed by atoms with Crippen molar-refractivity contribution in [2.24, 2.45) is 0 Å². The second kappa shape index (κ2) is 10.7. The van der Waals surface area contributed by atoms with E-state index in [0.29, 0.717) is 29.6 Å². The predicted octanol–water partition coefficient (Wildman–Crippen LogP) is 5.56. The molecule has 9 heteroatoms. The second-order valence-electron chi connectivity index (χ2n) is 7.81. The summed E-state index contributed by atoms with van der Waals surface area (Å²) in [6, 6.07) is 21.9. The first kappa shape index (κ1) is 23.1. The van der Waals surface area contributed by atoms with Crippen LogP contribution in [0.3, 0.4) is 0 Å². The second-order valence-corrected chi connectivity index (χ2v) is 9.70. The van der Waals surface area contributed by atoms with Gasteiger partial charge in [0, 0.05) is 11.9 Å². The van der Waals surface area contributed by atoms with Crippen LogP contribution in [0, 0.1) is 6.92 Å². The highest BCUT2D eigenvalue weighted by Gasteiger charge is 2.20. The maximum Gasteiger partial charge on any atom is 0.270 e. The molecule has 0 saturated carbocycles. The first-order valence-corrected chi connectivity index (χ1v) is 13.0. The normalized spacial score (nSPS) is 11.0. The summed E-state index contributed by atoms with van der Waals surface area (Å²) in [4.78, 5) is 17.1. The standard InChI is InChI=1S/C26H23N5O2S2/c1-18-8-5-6-11-21(18)31-24(22-12-7-15-33-22)29-30-26(31)35-17-23-28-20(16-34-23)25(32)27-14-13-19-9-3-2-4-10-19/h2-12,15-16H,13-14,17H2,1H3,(H,27,32). The lowest BCUT2D eigenvalue weighted by Gasteiger charge is -2.11. The molecule has 5 rings (SSSR count). The molecule has 2 aromatic carbocycles. The number of carbonyl (C=O) groups is 1. The highest BCUT2D eigenvalue weighted by Crippen LogP contribution is 2.31. The molecule has 1 amide bonds. The van der Waals surface area contributed by atoms with E-state index in [-0.39, 0.29) is 5.91 Å². The van der Waals surface area contributed by atoms with Crippen molar-refractivity contribution in [2.45, 2.75) is 24.3 Å². The van der Waals surface area contributed by atoms with Crippen LogP contribution in [-0.2, 0) is 12.2 Å². The number of hydrogen-bond acceptors (Lipinski definition) is 7. The number of furan rings is 1. The largest absolute Gasteiger partial charge is 0.461 e.